The molecule has 1 aliphatic rings. The minimum Gasteiger partial charge on any atom is -0.493 e. The average Bonchev–Trinajstić information content (AvgIpc) is 3.38. The van der Waals surface area contributed by atoms with Crippen LogP contribution in [0.5, 0.6) is 11.5 Å². The monoisotopic (exact) mass is 416 g/mol. The molecule has 2 N–H and O–H groups in total. The van der Waals surface area contributed by atoms with Crippen molar-refractivity contribution in [2.75, 3.05) is 20.2 Å². The molecule has 0 amide bonds. The van der Waals surface area contributed by atoms with E-state index in [4.69, 9.17) is 14.5 Å². The van der Waals surface area contributed by atoms with Gasteiger partial charge in [0, 0.05) is 24.9 Å². The van der Waals surface area contributed by atoms with Crippen molar-refractivity contribution in [2.45, 2.75) is 58.6 Å². The first-order valence-electron chi connectivity index (χ1n) is 10.4. The Morgan fingerprint density at radius 1 is 1.24 bits per heavy atom. The Hall–Kier alpha value is -2.28. The average molecular weight is 417 g/mol. The van der Waals surface area contributed by atoms with Crippen LogP contribution in [0, 0.1) is 6.92 Å². The van der Waals surface area contributed by atoms with Crippen molar-refractivity contribution in [3.05, 3.63) is 39.8 Å². The van der Waals surface area contributed by atoms with Crippen LogP contribution in [0.3, 0.4) is 0 Å². The summed E-state index contributed by atoms with van der Waals surface area (Å²) in [6.45, 7) is 6.29. The fourth-order valence-corrected chi connectivity index (χ4v) is 4.08. The van der Waals surface area contributed by atoms with E-state index < -0.39 is 0 Å². The standard InChI is InChI=1S/C22H32N4O2S/c1-4-23-22(24-12-11-18-15-29-16(2)26-18)25-14-17-9-10-20(21(13-17)27-3)28-19-7-5-6-8-19/h9-10,13,15,19H,4-8,11-12,14H2,1-3H3,(H2,23,24,25). The van der Waals surface area contributed by atoms with E-state index in [2.05, 4.69) is 34.0 Å². The van der Waals surface area contributed by atoms with Gasteiger partial charge in [-0.15, -0.1) is 11.3 Å². The summed E-state index contributed by atoms with van der Waals surface area (Å²) in [6.07, 6.45) is 5.97. The molecule has 1 heterocycles. The van der Waals surface area contributed by atoms with Crippen molar-refractivity contribution >= 4 is 17.3 Å². The Kier molecular flexibility index (Phi) is 8.16. The Bertz CT molecular complexity index is 800. The molecule has 0 radical (unpaired) electrons. The summed E-state index contributed by atoms with van der Waals surface area (Å²) in [7, 11) is 1.69. The van der Waals surface area contributed by atoms with E-state index in [1.54, 1.807) is 18.4 Å². The molecule has 1 aromatic carbocycles. The molecule has 1 saturated carbocycles. The van der Waals surface area contributed by atoms with Gasteiger partial charge in [-0.2, -0.15) is 0 Å². The Labute approximate surface area is 177 Å². The van der Waals surface area contributed by atoms with Gasteiger partial charge in [-0.25, -0.2) is 9.98 Å². The highest BCUT2D eigenvalue weighted by atomic mass is 32.1. The molecule has 1 aromatic heterocycles. The minimum absolute atomic E-state index is 0.318. The van der Waals surface area contributed by atoms with Gasteiger partial charge in [-0.1, -0.05) is 6.07 Å². The number of aromatic nitrogens is 1. The number of rotatable bonds is 9. The van der Waals surface area contributed by atoms with E-state index in [9.17, 15) is 0 Å². The third kappa shape index (κ3) is 6.63. The molecule has 3 rings (SSSR count). The van der Waals surface area contributed by atoms with Crippen LogP contribution in [0.1, 0.15) is 48.9 Å². The number of aliphatic imine (C=N–C) groups is 1. The molecule has 0 bridgehead atoms. The van der Waals surface area contributed by atoms with E-state index in [1.165, 1.54) is 12.8 Å². The Morgan fingerprint density at radius 2 is 2.07 bits per heavy atom. The van der Waals surface area contributed by atoms with Gasteiger partial charge in [0.25, 0.3) is 0 Å². The number of thiazole rings is 1. The quantitative estimate of drug-likeness (QED) is 0.476. The zero-order valence-corrected chi connectivity index (χ0v) is 18.5. The molecule has 29 heavy (non-hydrogen) atoms. The maximum atomic E-state index is 6.12. The highest BCUT2D eigenvalue weighted by molar-refractivity contribution is 7.09. The molecule has 0 saturated heterocycles. The summed E-state index contributed by atoms with van der Waals surface area (Å²) >= 11 is 1.69. The lowest BCUT2D eigenvalue weighted by atomic mass is 10.2. The molecule has 2 aromatic rings. The van der Waals surface area contributed by atoms with Crippen LogP contribution < -0.4 is 20.1 Å². The van der Waals surface area contributed by atoms with E-state index >= 15 is 0 Å². The zero-order valence-electron chi connectivity index (χ0n) is 17.7. The lowest BCUT2D eigenvalue weighted by Crippen LogP contribution is -2.38. The van der Waals surface area contributed by atoms with E-state index in [1.807, 2.05) is 19.1 Å². The van der Waals surface area contributed by atoms with Gasteiger partial charge in [0.05, 0.1) is 30.5 Å². The number of ether oxygens (including phenoxy) is 2. The molecular weight excluding hydrogens is 384 g/mol. The summed E-state index contributed by atoms with van der Waals surface area (Å²) < 4.78 is 11.7. The van der Waals surface area contributed by atoms with Crippen LogP contribution in [-0.4, -0.2) is 37.2 Å². The smallest absolute Gasteiger partial charge is 0.191 e. The Morgan fingerprint density at radius 3 is 2.76 bits per heavy atom. The van der Waals surface area contributed by atoms with E-state index in [-0.39, 0.29) is 0 Å². The molecule has 0 spiro atoms. The van der Waals surface area contributed by atoms with Crippen LogP contribution in [0.2, 0.25) is 0 Å². The van der Waals surface area contributed by atoms with Crippen molar-refractivity contribution in [3.8, 4) is 11.5 Å². The van der Waals surface area contributed by atoms with Crippen LogP contribution in [0.4, 0.5) is 0 Å². The number of aryl methyl sites for hydroxylation is 1. The summed E-state index contributed by atoms with van der Waals surface area (Å²) in [4.78, 5) is 9.21. The predicted molar refractivity (Wildman–Crippen MR) is 119 cm³/mol. The highest BCUT2D eigenvalue weighted by Crippen LogP contribution is 2.32. The summed E-state index contributed by atoms with van der Waals surface area (Å²) in [5.41, 5.74) is 2.21. The zero-order chi connectivity index (χ0) is 20.5. The van der Waals surface area contributed by atoms with E-state index in [0.29, 0.717) is 12.6 Å². The molecular formula is C22H32N4O2S. The number of nitrogens with one attached hydrogen (secondary N) is 2. The number of hydrogen-bond acceptors (Lipinski definition) is 5. The van der Waals surface area contributed by atoms with Gasteiger partial charge in [0.1, 0.15) is 0 Å². The lowest BCUT2D eigenvalue weighted by Gasteiger charge is -2.16. The summed E-state index contributed by atoms with van der Waals surface area (Å²) in [5, 5.41) is 9.90. The van der Waals surface area contributed by atoms with Gasteiger partial charge in [-0.3, -0.25) is 0 Å². The first kappa shape index (κ1) is 21.4. The molecule has 0 atom stereocenters. The second-order valence-corrected chi connectivity index (χ2v) is 8.30. The maximum Gasteiger partial charge on any atom is 0.191 e. The van der Waals surface area contributed by atoms with Gasteiger partial charge in [0.2, 0.25) is 0 Å². The summed E-state index contributed by atoms with van der Waals surface area (Å²) in [5.74, 6) is 2.42. The molecule has 1 fully saturated rings. The fourth-order valence-electron chi connectivity index (χ4n) is 3.44. The number of benzene rings is 1. The summed E-state index contributed by atoms with van der Waals surface area (Å²) in [6, 6.07) is 6.10. The van der Waals surface area contributed by atoms with Gasteiger partial charge >= 0.3 is 0 Å². The van der Waals surface area contributed by atoms with Crippen LogP contribution in [0.15, 0.2) is 28.6 Å². The largest absolute Gasteiger partial charge is 0.493 e. The first-order chi connectivity index (χ1) is 14.2. The third-order valence-corrected chi connectivity index (χ3v) is 5.75. The minimum atomic E-state index is 0.318. The fraction of sp³-hybridized carbons (Fsp3) is 0.545. The molecule has 7 heteroatoms. The maximum absolute atomic E-state index is 6.12. The van der Waals surface area contributed by atoms with Gasteiger partial charge < -0.3 is 20.1 Å². The van der Waals surface area contributed by atoms with Crippen molar-refractivity contribution in [2.24, 2.45) is 4.99 Å². The molecule has 0 unspecified atom stereocenters. The lowest BCUT2D eigenvalue weighted by molar-refractivity contribution is 0.200. The molecule has 1 aliphatic carbocycles. The Balaban J connectivity index is 1.57. The third-order valence-electron chi connectivity index (χ3n) is 4.93. The topological polar surface area (TPSA) is 67.8 Å². The van der Waals surface area contributed by atoms with Crippen molar-refractivity contribution in [3.63, 3.8) is 0 Å². The van der Waals surface area contributed by atoms with Gasteiger partial charge in [0.15, 0.2) is 17.5 Å². The first-order valence-corrected chi connectivity index (χ1v) is 11.3. The number of nitrogens with zero attached hydrogens (tertiary/aromatic N) is 2. The van der Waals surface area contributed by atoms with Gasteiger partial charge in [-0.05, 0) is 57.2 Å². The van der Waals surface area contributed by atoms with Crippen molar-refractivity contribution in [1.29, 1.82) is 0 Å². The molecule has 6 nitrogen and oxygen atoms in total. The number of methoxy groups -OCH3 is 1. The van der Waals surface area contributed by atoms with E-state index in [0.717, 1.165) is 66.1 Å². The van der Waals surface area contributed by atoms with Crippen molar-refractivity contribution < 1.29 is 9.47 Å². The van der Waals surface area contributed by atoms with Crippen LogP contribution >= 0.6 is 11.3 Å². The molecule has 158 valence electrons. The van der Waals surface area contributed by atoms with Crippen LogP contribution in [-0.2, 0) is 13.0 Å². The number of guanidine groups is 1. The number of hydrogen-bond donors (Lipinski definition) is 2. The highest BCUT2D eigenvalue weighted by Gasteiger charge is 2.18. The molecule has 0 aliphatic heterocycles. The second kappa shape index (κ2) is 11.0. The van der Waals surface area contributed by atoms with Crippen LogP contribution in [0.25, 0.3) is 0 Å². The predicted octanol–water partition coefficient (Wildman–Crippen LogP) is 4.08. The van der Waals surface area contributed by atoms with Crippen molar-refractivity contribution in [1.82, 2.24) is 15.6 Å². The normalized spacial score (nSPS) is 14.8. The second-order valence-electron chi connectivity index (χ2n) is 7.24. The SMILES string of the molecule is CCNC(=NCc1ccc(OC2CCCC2)c(OC)c1)NCCc1csc(C)n1.